The molecule has 0 spiro atoms. The van der Waals surface area contributed by atoms with Crippen LogP contribution in [0.3, 0.4) is 0 Å². The summed E-state index contributed by atoms with van der Waals surface area (Å²) in [7, 11) is 0. The molecule has 0 radical (unpaired) electrons. The lowest BCUT2D eigenvalue weighted by molar-refractivity contribution is -0.126. The molecule has 6 nitrogen and oxygen atoms in total. The lowest BCUT2D eigenvalue weighted by atomic mass is 9.79. The Kier molecular flexibility index (Phi) is 4.88. The van der Waals surface area contributed by atoms with Gasteiger partial charge in [-0.25, -0.2) is 4.39 Å². The lowest BCUT2D eigenvalue weighted by Gasteiger charge is -2.26. The van der Waals surface area contributed by atoms with E-state index < -0.39 is 11.3 Å². The molecule has 2 aromatic carbocycles. The third kappa shape index (κ3) is 3.76. The zero-order chi connectivity index (χ0) is 20.4. The Morgan fingerprint density at radius 2 is 1.93 bits per heavy atom. The Morgan fingerprint density at radius 3 is 2.62 bits per heavy atom. The molecular formula is C22H21FN4O2. The van der Waals surface area contributed by atoms with Gasteiger partial charge in [0.05, 0.1) is 5.41 Å². The van der Waals surface area contributed by atoms with Crippen molar-refractivity contribution < 1.29 is 14.0 Å². The first-order chi connectivity index (χ1) is 14.0. The highest BCUT2D eigenvalue weighted by Crippen LogP contribution is 2.35. The summed E-state index contributed by atoms with van der Waals surface area (Å²) in [4.78, 5) is 26.6. The Morgan fingerprint density at radius 1 is 1.14 bits per heavy atom. The summed E-state index contributed by atoms with van der Waals surface area (Å²) in [6, 6.07) is 15.7. The Bertz CT molecular complexity index is 1030. The van der Waals surface area contributed by atoms with Gasteiger partial charge in [0.2, 0.25) is 5.91 Å². The molecule has 1 unspecified atom stereocenters. The molecule has 1 atom stereocenters. The van der Waals surface area contributed by atoms with Gasteiger partial charge >= 0.3 is 0 Å². The summed E-state index contributed by atoms with van der Waals surface area (Å²) in [5.74, 6) is -0.888. The number of likely N-dealkylation sites (tertiary alicyclic amines) is 1. The lowest BCUT2D eigenvalue weighted by Crippen LogP contribution is -2.42. The SMILES string of the molecule is NC(=O)C1(Cc2cccc(-c3ccc(F)cc3)c2)CCN(C(=O)c2ccn[nH]2)C1. The van der Waals surface area contributed by atoms with Crippen LogP contribution >= 0.6 is 0 Å². The average Bonchev–Trinajstić information content (AvgIpc) is 3.39. The number of carbonyl (C=O) groups excluding carboxylic acids is 2. The number of amides is 2. The smallest absolute Gasteiger partial charge is 0.271 e. The highest BCUT2D eigenvalue weighted by molar-refractivity contribution is 5.93. The predicted molar refractivity (Wildman–Crippen MR) is 106 cm³/mol. The number of hydrogen-bond donors (Lipinski definition) is 2. The zero-order valence-electron chi connectivity index (χ0n) is 15.8. The van der Waals surface area contributed by atoms with Crippen LogP contribution in [0.2, 0.25) is 0 Å². The minimum absolute atomic E-state index is 0.189. The highest BCUT2D eigenvalue weighted by Gasteiger charge is 2.45. The van der Waals surface area contributed by atoms with Gasteiger partial charge in [-0.1, -0.05) is 36.4 Å². The van der Waals surface area contributed by atoms with Gasteiger partial charge in [-0.05, 0) is 47.7 Å². The number of aromatic nitrogens is 2. The first-order valence-corrected chi connectivity index (χ1v) is 9.40. The molecule has 1 aliphatic rings. The van der Waals surface area contributed by atoms with Crippen LogP contribution in [0, 0.1) is 11.2 Å². The van der Waals surface area contributed by atoms with Gasteiger partial charge in [0, 0.05) is 19.3 Å². The van der Waals surface area contributed by atoms with Crippen molar-refractivity contribution in [3.63, 3.8) is 0 Å². The summed E-state index contributed by atoms with van der Waals surface area (Å²) in [6.45, 7) is 0.722. The molecule has 1 aliphatic heterocycles. The molecule has 148 valence electrons. The number of nitrogens with two attached hydrogens (primary N) is 1. The maximum Gasteiger partial charge on any atom is 0.271 e. The van der Waals surface area contributed by atoms with Crippen molar-refractivity contribution in [3.05, 3.63) is 77.9 Å². The number of hydrogen-bond acceptors (Lipinski definition) is 3. The van der Waals surface area contributed by atoms with Crippen molar-refractivity contribution in [1.82, 2.24) is 15.1 Å². The normalized spacial score (nSPS) is 18.7. The van der Waals surface area contributed by atoms with Crippen molar-refractivity contribution >= 4 is 11.8 Å². The average molecular weight is 392 g/mol. The van der Waals surface area contributed by atoms with Crippen LogP contribution in [-0.4, -0.2) is 40.0 Å². The van der Waals surface area contributed by atoms with Gasteiger partial charge in [-0.2, -0.15) is 5.10 Å². The molecule has 7 heteroatoms. The van der Waals surface area contributed by atoms with Gasteiger partial charge in [-0.3, -0.25) is 14.7 Å². The van der Waals surface area contributed by atoms with Crippen LogP contribution in [0.1, 0.15) is 22.5 Å². The van der Waals surface area contributed by atoms with E-state index in [0.717, 1.165) is 16.7 Å². The number of carbonyl (C=O) groups is 2. The van der Waals surface area contributed by atoms with Crippen LogP contribution in [-0.2, 0) is 11.2 Å². The van der Waals surface area contributed by atoms with E-state index in [9.17, 15) is 14.0 Å². The zero-order valence-corrected chi connectivity index (χ0v) is 15.8. The number of halogens is 1. The van der Waals surface area contributed by atoms with Crippen molar-refractivity contribution in [1.29, 1.82) is 0 Å². The Hall–Kier alpha value is -3.48. The van der Waals surface area contributed by atoms with Crippen molar-refractivity contribution in [2.45, 2.75) is 12.8 Å². The molecule has 3 N–H and O–H groups in total. The van der Waals surface area contributed by atoms with E-state index >= 15 is 0 Å². The monoisotopic (exact) mass is 392 g/mol. The topological polar surface area (TPSA) is 92.1 Å². The highest BCUT2D eigenvalue weighted by atomic mass is 19.1. The van der Waals surface area contributed by atoms with Crippen LogP contribution < -0.4 is 5.73 Å². The van der Waals surface area contributed by atoms with E-state index in [-0.39, 0.29) is 18.3 Å². The number of primary amides is 1. The fourth-order valence-corrected chi connectivity index (χ4v) is 3.92. The maximum absolute atomic E-state index is 13.2. The van der Waals surface area contributed by atoms with E-state index in [2.05, 4.69) is 10.2 Å². The number of aromatic amines is 1. The summed E-state index contributed by atoms with van der Waals surface area (Å²) in [5, 5.41) is 6.48. The van der Waals surface area contributed by atoms with E-state index in [1.165, 1.54) is 18.3 Å². The fraction of sp³-hybridized carbons (Fsp3) is 0.227. The molecule has 1 saturated heterocycles. The van der Waals surface area contributed by atoms with Gasteiger partial charge in [0.1, 0.15) is 11.5 Å². The second kappa shape index (κ2) is 7.50. The molecule has 1 fully saturated rings. The number of rotatable bonds is 5. The molecule has 2 heterocycles. The van der Waals surface area contributed by atoms with Gasteiger partial charge in [-0.15, -0.1) is 0 Å². The second-order valence-corrected chi connectivity index (χ2v) is 7.48. The van der Waals surface area contributed by atoms with E-state index in [1.807, 2.05) is 24.3 Å². The first-order valence-electron chi connectivity index (χ1n) is 9.40. The summed E-state index contributed by atoms with van der Waals surface area (Å²) in [6.07, 6.45) is 2.46. The first kappa shape index (κ1) is 18.9. The van der Waals surface area contributed by atoms with Crippen LogP contribution in [0.5, 0.6) is 0 Å². The van der Waals surface area contributed by atoms with E-state index in [4.69, 9.17) is 5.73 Å². The molecule has 1 aromatic heterocycles. The standard InChI is InChI=1S/C22H21FN4O2/c23-18-6-4-16(5-7-18)17-3-1-2-15(12-17)13-22(21(24)29)9-11-27(14-22)20(28)19-8-10-25-26-19/h1-8,10,12H,9,11,13-14H2,(H2,24,29)(H,25,26). The largest absolute Gasteiger partial charge is 0.369 e. The Labute approximate surface area is 167 Å². The van der Waals surface area contributed by atoms with Crippen molar-refractivity contribution in [2.75, 3.05) is 13.1 Å². The number of nitrogens with one attached hydrogen (secondary N) is 1. The van der Waals surface area contributed by atoms with Crippen LogP contribution in [0.15, 0.2) is 60.8 Å². The molecule has 0 aliphatic carbocycles. The predicted octanol–water partition coefficient (Wildman–Crippen LogP) is 2.78. The second-order valence-electron chi connectivity index (χ2n) is 7.48. The number of H-pyrrole nitrogens is 1. The maximum atomic E-state index is 13.2. The third-order valence-corrected chi connectivity index (χ3v) is 5.54. The van der Waals surface area contributed by atoms with Gasteiger partial charge in [0.25, 0.3) is 5.91 Å². The minimum atomic E-state index is -0.822. The summed E-state index contributed by atoms with van der Waals surface area (Å²) < 4.78 is 13.2. The number of benzene rings is 2. The van der Waals surface area contributed by atoms with Gasteiger partial charge in [0.15, 0.2) is 0 Å². The van der Waals surface area contributed by atoms with Gasteiger partial charge < -0.3 is 10.6 Å². The van der Waals surface area contributed by atoms with Crippen molar-refractivity contribution in [2.24, 2.45) is 11.1 Å². The van der Waals surface area contributed by atoms with Crippen LogP contribution in [0.4, 0.5) is 4.39 Å². The van der Waals surface area contributed by atoms with E-state index in [0.29, 0.717) is 25.1 Å². The fourth-order valence-electron chi connectivity index (χ4n) is 3.92. The van der Waals surface area contributed by atoms with E-state index in [1.54, 1.807) is 23.1 Å². The molecule has 3 aromatic rings. The van der Waals surface area contributed by atoms with Crippen molar-refractivity contribution in [3.8, 4) is 11.1 Å². The minimum Gasteiger partial charge on any atom is -0.369 e. The third-order valence-electron chi connectivity index (χ3n) is 5.54. The molecule has 2 amide bonds. The molecular weight excluding hydrogens is 371 g/mol. The van der Waals surface area contributed by atoms with Crippen LogP contribution in [0.25, 0.3) is 11.1 Å². The number of nitrogens with zero attached hydrogens (tertiary/aromatic N) is 2. The molecule has 4 rings (SSSR count). The molecule has 29 heavy (non-hydrogen) atoms. The summed E-state index contributed by atoms with van der Waals surface area (Å²) in [5.41, 5.74) is 8.13. The Balaban J connectivity index is 1.56. The molecule has 0 saturated carbocycles. The quantitative estimate of drug-likeness (QED) is 0.699. The molecule has 0 bridgehead atoms. The summed E-state index contributed by atoms with van der Waals surface area (Å²) >= 11 is 0.